The quantitative estimate of drug-likeness (QED) is 0.110. The van der Waals surface area contributed by atoms with Crippen molar-refractivity contribution in [2.45, 2.75) is 117 Å². The first kappa shape index (κ1) is 77.4. The molecule has 0 atom stereocenters. The molecule has 120 heavy (non-hydrogen) atoms. The maximum Gasteiger partial charge on any atom is 0.494 e. The van der Waals surface area contributed by atoms with E-state index in [1.54, 1.807) is 0 Å². The Kier molecular flexibility index (Phi) is 19.6. The predicted molar refractivity (Wildman–Crippen MR) is 495 cm³/mol. The Bertz CT molecular complexity index is 6390. The van der Waals surface area contributed by atoms with E-state index < -0.39 is 55.0 Å². The molecule has 0 spiro atoms. The minimum absolute atomic E-state index is 0.408. The molecule has 0 aliphatic carbocycles. The highest BCUT2D eigenvalue weighted by Gasteiger charge is 2.54. The summed E-state index contributed by atoms with van der Waals surface area (Å²) < 4.78 is 45.7. The average Bonchev–Trinajstić information content (AvgIpc) is 1.53. The Balaban J connectivity index is 0.000000123. The van der Waals surface area contributed by atoms with E-state index in [4.69, 9.17) is 37.9 Å². The molecule has 0 bridgehead atoms. The third kappa shape index (κ3) is 14.0. The van der Waals surface area contributed by atoms with Crippen molar-refractivity contribution in [3.63, 3.8) is 0 Å². The van der Waals surface area contributed by atoms with Crippen molar-refractivity contribution in [1.82, 2.24) is 28.7 Å². The highest BCUT2D eigenvalue weighted by atomic mass is 16.7. The zero-order valence-electron chi connectivity index (χ0n) is 69.8. The van der Waals surface area contributed by atoms with E-state index in [-0.39, 0.29) is 0 Å². The third-order valence-corrected chi connectivity index (χ3v) is 25.5. The number of para-hydroxylation sites is 2. The SMILES string of the molecule is CC1(C)OB(c2cc(-c3ccccc3)cc(-n3c4ccccc4c4cccnc43)c2)OC1(C)C.CC1(C)OB(c2cc(-c3ccncc3)cc(-n3c4ccccc4c4cccnc43)c2)OC1(C)C.CC1(C)OB(c2cccc(-n3c4cc(-c5ccccc5-c5ccccc5)ccc4c4ccc(-c5ccccc5-c5ccccc5)cc43)c2)OC1(C)C. The molecule has 588 valence electrons. The minimum atomic E-state index is -0.466. The van der Waals surface area contributed by atoms with Gasteiger partial charge in [0.2, 0.25) is 0 Å². The maximum absolute atomic E-state index is 6.53. The first-order valence-electron chi connectivity index (χ1n) is 41.5. The molecule has 0 N–H and O–H groups in total. The molecule has 12 nitrogen and oxygen atoms in total. The molecule has 18 aromatic rings. The lowest BCUT2D eigenvalue weighted by Crippen LogP contribution is -2.41. The highest BCUT2D eigenvalue weighted by molar-refractivity contribution is 6.63. The number of benzene rings is 12. The van der Waals surface area contributed by atoms with E-state index in [9.17, 15) is 0 Å². The smallest absolute Gasteiger partial charge is 0.399 e. The van der Waals surface area contributed by atoms with E-state index in [0.717, 1.165) is 99.8 Å². The van der Waals surface area contributed by atoms with E-state index in [0.29, 0.717) is 0 Å². The first-order valence-corrected chi connectivity index (χ1v) is 41.5. The zero-order chi connectivity index (χ0) is 82.5. The largest absolute Gasteiger partial charge is 0.494 e. The van der Waals surface area contributed by atoms with Gasteiger partial charge in [-0.1, -0.05) is 224 Å². The van der Waals surface area contributed by atoms with Gasteiger partial charge in [-0.2, -0.15) is 0 Å². The van der Waals surface area contributed by atoms with Crippen LogP contribution in [0.25, 0.3) is 150 Å². The molecular formula is C105H93B3N6O6. The fourth-order valence-electron chi connectivity index (χ4n) is 17.0. The Labute approximate surface area is 702 Å². The summed E-state index contributed by atoms with van der Waals surface area (Å²) in [5.41, 5.74) is 24.0. The van der Waals surface area contributed by atoms with Gasteiger partial charge in [0, 0.05) is 74.2 Å². The van der Waals surface area contributed by atoms with Crippen molar-refractivity contribution in [3.8, 4) is 83.8 Å². The molecule has 6 aromatic heterocycles. The summed E-state index contributed by atoms with van der Waals surface area (Å²) in [5.74, 6) is 0. The van der Waals surface area contributed by atoms with Crippen LogP contribution in [0.1, 0.15) is 83.1 Å². The van der Waals surface area contributed by atoms with Crippen molar-refractivity contribution < 1.29 is 27.9 Å². The second-order valence-electron chi connectivity index (χ2n) is 34.7. The lowest BCUT2D eigenvalue weighted by molar-refractivity contribution is 0.00578. The van der Waals surface area contributed by atoms with Crippen molar-refractivity contribution in [3.05, 3.63) is 346 Å². The van der Waals surface area contributed by atoms with Crippen molar-refractivity contribution in [2.24, 2.45) is 0 Å². The van der Waals surface area contributed by atoms with Gasteiger partial charge in [0.1, 0.15) is 11.3 Å². The third-order valence-electron chi connectivity index (χ3n) is 25.5. The van der Waals surface area contributed by atoms with Crippen LogP contribution in [0, 0.1) is 0 Å². The van der Waals surface area contributed by atoms with Gasteiger partial charge in [0.05, 0.1) is 55.7 Å². The number of hydrogen-bond donors (Lipinski definition) is 0. The molecule has 12 aromatic carbocycles. The van der Waals surface area contributed by atoms with Crippen molar-refractivity contribution in [1.29, 1.82) is 0 Å². The van der Waals surface area contributed by atoms with E-state index in [2.05, 4.69) is 393 Å². The van der Waals surface area contributed by atoms with Crippen molar-refractivity contribution >= 4 is 103 Å². The van der Waals surface area contributed by atoms with Crippen LogP contribution in [0.3, 0.4) is 0 Å². The van der Waals surface area contributed by atoms with E-state index >= 15 is 0 Å². The average molecular weight is 1570 g/mol. The topological polar surface area (TPSA) is 109 Å². The highest BCUT2D eigenvalue weighted by Crippen LogP contribution is 2.45. The Morgan fingerprint density at radius 3 is 0.967 bits per heavy atom. The standard InChI is InChI=1S/C48H40BNO2.C29H27BN2O2.C28H26BN3O2/c1-47(2)48(3,4)52-49(51-47)37-20-15-21-38(32-37)50-45-30-35(41-24-13-11-22-39(41)33-16-7-5-8-17-33)26-28-43(45)44-29-27-36(31-46(44)50)42-25-14-12-23-40(42)34-18-9-6-10-19-34;1-28(2)29(3,4)34-30(33-28)22-17-21(20-11-6-5-7-12-20)18-23(19-22)32-26-15-9-8-13-24(26)25-14-10-16-31-27(25)32;1-27(2)28(3,4)34-29(33-27)21-16-20(19-11-14-30-15-12-19)17-22(18-21)32-25-10-6-5-8-23(25)24-9-7-13-31-26(24)32/h5-32H,1-4H3;5-19H,1-4H3;5-18H,1-4H3. The fraction of sp³-hybridized carbons (Fsp3) is 0.171. The van der Waals surface area contributed by atoms with Crippen LogP contribution in [0.5, 0.6) is 0 Å². The number of fused-ring (bicyclic) bond motifs is 9. The number of nitrogens with zero attached hydrogens (tertiary/aromatic N) is 6. The molecule has 3 fully saturated rings. The number of aromatic nitrogens is 6. The van der Waals surface area contributed by atoms with Crippen LogP contribution in [-0.4, -0.2) is 83.6 Å². The van der Waals surface area contributed by atoms with Gasteiger partial charge < -0.3 is 32.5 Å². The molecule has 3 aliphatic heterocycles. The Hall–Kier alpha value is -12.6. The molecule has 3 aliphatic rings. The summed E-state index contributed by atoms with van der Waals surface area (Å²) in [6, 6.07) is 114. The molecule has 9 heterocycles. The summed E-state index contributed by atoms with van der Waals surface area (Å²) in [7, 11) is -1.38. The van der Waals surface area contributed by atoms with Crippen LogP contribution in [0.15, 0.2) is 346 Å². The van der Waals surface area contributed by atoms with Gasteiger partial charge in [0.15, 0.2) is 0 Å². The summed E-state index contributed by atoms with van der Waals surface area (Å²) in [6.07, 6.45) is 7.34. The Morgan fingerprint density at radius 2 is 0.550 bits per heavy atom. The molecule has 0 unspecified atom stereocenters. The monoisotopic (exact) mass is 1570 g/mol. The summed E-state index contributed by atoms with van der Waals surface area (Å²) >= 11 is 0. The van der Waals surface area contributed by atoms with Crippen LogP contribution in [-0.2, 0) is 27.9 Å². The second kappa shape index (κ2) is 30.4. The van der Waals surface area contributed by atoms with E-state index in [1.165, 1.54) is 66.1 Å². The maximum atomic E-state index is 6.53. The predicted octanol–water partition coefficient (Wildman–Crippen LogP) is 23.4. The Morgan fingerprint density at radius 1 is 0.217 bits per heavy atom. The fourth-order valence-corrected chi connectivity index (χ4v) is 17.0. The van der Waals surface area contributed by atoms with Crippen LogP contribution in [0.2, 0.25) is 0 Å². The molecule has 15 heteroatoms. The summed E-state index contributed by atoms with van der Waals surface area (Å²) in [5, 5.41) is 7.05. The molecule has 21 rings (SSSR count). The van der Waals surface area contributed by atoms with Crippen LogP contribution < -0.4 is 16.4 Å². The van der Waals surface area contributed by atoms with E-state index in [1.807, 2.05) is 55.1 Å². The lowest BCUT2D eigenvalue weighted by atomic mass is 9.77. The molecular weight excluding hydrogens is 1470 g/mol. The van der Waals surface area contributed by atoms with Gasteiger partial charge >= 0.3 is 21.4 Å². The summed E-state index contributed by atoms with van der Waals surface area (Å²) in [4.78, 5) is 13.7. The minimum Gasteiger partial charge on any atom is -0.399 e. The lowest BCUT2D eigenvalue weighted by Gasteiger charge is -2.32. The summed E-state index contributed by atoms with van der Waals surface area (Å²) in [6.45, 7) is 25.1. The first-order chi connectivity index (χ1) is 58.0. The second-order valence-corrected chi connectivity index (χ2v) is 34.7. The zero-order valence-corrected chi connectivity index (χ0v) is 69.8. The van der Waals surface area contributed by atoms with Gasteiger partial charge in [-0.05, 0) is 263 Å². The van der Waals surface area contributed by atoms with Gasteiger partial charge in [-0.15, -0.1) is 0 Å². The van der Waals surface area contributed by atoms with Crippen LogP contribution in [0.4, 0.5) is 0 Å². The van der Waals surface area contributed by atoms with Gasteiger partial charge in [-0.3, -0.25) is 14.1 Å². The van der Waals surface area contributed by atoms with Crippen LogP contribution >= 0.6 is 0 Å². The molecule has 0 saturated carbocycles. The number of hydrogen-bond acceptors (Lipinski definition) is 9. The van der Waals surface area contributed by atoms with Gasteiger partial charge in [-0.25, -0.2) is 9.97 Å². The molecule has 0 radical (unpaired) electrons. The molecule has 3 saturated heterocycles. The van der Waals surface area contributed by atoms with Gasteiger partial charge in [0.25, 0.3) is 0 Å². The number of rotatable bonds is 12. The molecule has 0 amide bonds. The normalized spacial score (nSPS) is 16.1. The number of pyridine rings is 3. The van der Waals surface area contributed by atoms with Crippen molar-refractivity contribution in [2.75, 3.05) is 0 Å².